The van der Waals surface area contributed by atoms with Crippen LogP contribution >= 0.6 is 0 Å². The number of rotatable bonds is 7. The van der Waals surface area contributed by atoms with Crippen molar-refractivity contribution in [1.29, 1.82) is 0 Å². The van der Waals surface area contributed by atoms with Crippen molar-refractivity contribution in [2.75, 3.05) is 18.4 Å². The molecular weight excluding hydrogens is 342 g/mol. The Labute approximate surface area is 159 Å². The Morgan fingerprint density at radius 1 is 1.15 bits per heavy atom. The molecule has 0 aromatic heterocycles. The van der Waals surface area contributed by atoms with E-state index in [1.807, 2.05) is 12.1 Å². The van der Waals surface area contributed by atoms with Gasteiger partial charge in [0, 0.05) is 13.1 Å². The van der Waals surface area contributed by atoms with Gasteiger partial charge in [0.1, 0.15) is 5.75 Å². The van der Waals surface area contributed by atoms with Gasteiger partial charge in [0.15, 0.2) is 6.10 Å². The quantitative estimate of drug-likeness (QED) is 0.700. The van der Waals surface area contributed by atoms with Gasteiger partial charge in [0.05, 0.1) is 11.3 Å². The summed E-state index contributed by atoms with van der Waals surface area (Å²) < 4.78 is 5.81. The average molecular weight is 367 g/mol. The lowest BCUT2D eigenvalue weighted by Crippen LogP contribution is -2.33. The van der Waals surface area contributed by atoms with E-state index in [1.165, 1.54) is 11.1 Å². The van der Waals surface area contributed by atoms with Crippen molar-refractivity contribution >= 4 is 17.5 Å². The lowest BCUT2D eigenvalue weighted by Gasteiger charge is -2.17. The summed E-state index contributed by atoms with van der Waals surface area (Å²) in [6.45, 7) is 2.42. The van der Waals surface area contributed by atoms with E-state index >= 15 is 0 Å². The Bertz CT molecular complexity index is 835. The number of carbonyl (C=O) groups excluding carboxylic acids is 2. The van der Waals surface area contributed by atoms with E-state index in [0.29, 0.717) is 30.1 Å². The van der Waals surface area contributed by atoms with Gasteiger partial charge in [-0.05, 0) is 61.6 Å². The number of amides is 2. The largest absolute Gasteiger partial charge is 0.481 e. The van der Waals surface area contributed by atoms with E-state index in [0.717, 1.165) is 19.3 Å². The normalized spacial score (nSPS) is 13.6. The smallest absolute Gasteiger partial charge is 0.265 e. The number of benzene rings is 2. The van der Waals surface area contributed by atoms with Crippen molar-refractivity contribution in [2.45, 2.75) is 32.3 Å². The molecule has 0 bridgehead atoms. The molecule has 0 heterocycles. The fraction of sp³-hybridized carbons (Fsp3) is 0.333. The monoisotopic (exact) mass is 367 g/mol. The Balaban J connectivity index is 1.65. The Morgan fingerprint density at radius 3 is 2.74 bits per heavy atom. The van der Waals surface area contributed by atoms with E-state index in [2.05, 4.69) is 16.7 Å². The summed E-state index contributed by atoms with van der Waals surface area (Å²) in [5.74, 6) is 0.102. The zero-order valence-electron chi connectivity index (χ0n) is 15.5. The molecule has 0 spiro atoms. The minimum absolute atomic E-state index is 0.274. The summed E-state index contributed by atoms with van der Waals surface area (Å²) in [7, 11) is 0. The molecule has 1 aliphatic carbocycles. The predicted octanol–water partition coefficient (Wildman–Crippen LogP) is 2.27. The van der Waals surface area contributed by atoms with Crippen molar-refractivity contribution in [2.24, 2.45) is 5.73 Å². The third-order valence-corrected chi connectivity index (χ3v) is 4.61. The Kier molecular flexibility index (Phi) is 6.08. The van der Waals surface area contributed by atoms with Crippen molar-refractivity contribution in [1.82, 2.24) is 5.32 Å². The second-order valence-electron chi connectivity index (χ2n) is 6.62. The molecule has 1 aliphatic rings. The SMILES string of the molecule is CC(Oc1ccc2c(c1)CCC2)C(=O)Nc1ccccc1C(=O)NCCN. The maximum absolute atomic E-state index is 12.6. The van der Waals surface area contributed by atoms with Gasteiger partial charge in [-0.15, -0.1) is 0 Å². The molecule has 3 rings (SSSR count). The van der Waals surface area contributed by atoms with Crippen LogP contribution in [0.4, 0.5) is 5.69 Å². The van der Waals surface area contributed by atoms with Gasteiger partial charge in [-0.2, -0.15) is 0 Å². The van der Waals surface area contributed by atoms with Crippen molar-refractivity contribution in [3.63, 3.8) is 0 Å². The second kappa shape index (κ2) is 8.68. The molecule has 4 N–H and O–H groups in total. The number of para-hydroxylation sites is 1. The van der Waals surface area contributed by atoms with Crippen LogP contribution in [0.2, 0.25) is 0 Å². The summed E-state index contributed by atoms with van der Waals surface area (Å²) in [5.41, 5.74) is 8.91. The summed E-state index contributed by atoms with van der Waals surface area (Å²) in [6, 6.07) is 12.9. The first-order valence-electron chi connectivity index (χ1n) is 9.25. The highest BCUT2D eigenvalue weighted by Crippen LogP contribution is 2.26. The molecule has 0 fully saturated rings. The molecule has 6 heteroatoms. The molecule has 0 saturated carbocycles. The molecule has 1 unspecified atom stereocenters. The van der Waals surface area contributed by atoms with Crippen LogP contribution in [-0.4, -0.2) is 31.0 Å². The highest BCUT2D eigenvalue weighted by atomic mass is 16.5. The first kappa shape index (κ1) is 18.9. The lowest BCUT2D eigenvalue weighted by atomic mass is 10.1. The summed E-state index contributed by atoms with van der Waals surface area (Å²) in [4.78, 5) is 24.8. The molecular formula is C21H25N3O3. The third kappa shape index (κ3) is 4.65. The number of hydrogen-bond acceptors (Lipinski definition) is 4. The highest BCUT2D eigenvalue weighted by Gasteiger charge is 2.19. The summed E-state index contributed by atoms with van der Waals surface area (Å²) in [5, 5.41) is 5.49. The van der Waals surface area contributed by atoms with Gasteiger partial charge in [-0.1, -0.05) is 18.2 Å². The van der Waals surface area contributed by atoms with Crippen LogP contribution in [0.5, 0.6) is 5.75 Å². The van der Waals surface area contributed by atoms with E-state index in [1.54, 1.807) is 31.2 Å². The molecule has 0 radical (unpaired) electrons. The Morgan fingerprint density at radius 2 is 1.93 bits per heavy atom. The molecule has 27 heavy (non-hydrogen) atoms. The molecule has 0 aliphatic heterocycles. The van der Waals surface area contributed by atoms with E-state index in [9.17, 15) is 9.59 Å². The van der Waals surface area contributed by atoms with Gasteiger partial charge in [0.25, 0.3) is 11.8 Å². The fourth-order valence-corrected chi connectivity index (χ4v) is 3.18. The van der Waals surface area contributed by atoms with Gasteiger partial charge in [-0.3, -0.25) is 9.59 Å². The van der Waals surface area contributed by atoms with Crippen LogP contribution < -0.4 is 21.1 Å². The number of aryl methyl sites for hydroxylation is 2. The maximum atomic E-state index is 12.6. The second-order valence-corrected chi connectivity index (χ2v) is 6.62. The maximum Gasteiger partial charge on any atom is 0.265 e. The van der Waals surface area contributed by atoms with Crippen molar-refractivity contribution in [3.05, 3.63) is 59.2 Å². The van der Waals surface area contributed by atoms with Gasteiger partial charge >= 0.3 is 0 Å². The van der Waals surface area contributed by atoms with Crippen molar-refractivity contribution < 1.29 is 14.3 Å². The standard InChI is InChI=1S/C21H25N3O3/c1-14(27-17-10-9-15-5-4-6-16(15)13-17)20(25)24-19-8-3-2-7-18(19)21(26)23-12-11-22/h2-3,7-10,13-14H,4-6,11-12,22H2,1H3,(H,23,26)(H,24,25). The zero-order chi connectivity index (χ0) is 19.2. The summed E-state index contributed by atoms with van der Waals surface area (Å²) in [6.07, 6.45) is 2.63. The first-order chi connectivity index (χ1) is 13.1. The third-order valence-electron chi connectivity index (χ3n) is 4.61. The van der Waals surface area contributed by atoms with E-state index in [4.69, 9.17) is 10.5 Å². The van der Waals surface area contributed by atoms with Crippen LogP contribution in [0, 0.1) is 0 Å². The molecule has 142 valence electrons. The van der Waals surface area contributed by atoms with Gasteiger partial charge in [-0.25, -0.2) is 0 Å². The molecule has 6 nitrogen and oxygen atoms in total. The average Bonchev–Trinajstić information content (AvgIpc) is 3.14. The number of anilines is 1. The highest BCUT2D eigenvalue weighted by molar-refractivity contribution is 6.04. The minimum atomic E-state index is -0.690. The lowest BCUT2D eigenvalue weighted by molar-refractivity contribution is -0.122. The van der Waals surface area contributed by atoms with Crippen LogP contribution in [0.1, 0.15) is 34.8 Å². The number of nitrogens with one attached hydrogen (secondary N) is 2. The van der Waals surface area contributed by atoms with Crippen molar-refractivity contribution in [3.8, 4) is 5.75 Å². The number of fused-ring (bicyclic) bond motifs is 1. The van der Waals surface area contributed by atoms with Gasteiger partial charge in [0.2, 0.25) is 0 Å². The van der Waals surface area contributed by atoms with Crippen LogP contribution in [0.25, 0.3) is 0 Å². The summed E-state index contributed by atoms with van der Waals surface area (Å²) >= 11 is 0. The molecule has 2 amide bonds. The molecule has 2 aromatic carbocycles. The number of nitrogens with two attached hydrogens (primary N) is 1. The minimum Gasteiger partial charge on any atom is -0.481 e. The van der Waals surface area contributed by atoms with Crippen LogP contribution in [0.3, 0.4) is 0 Å². The number of carbonyl (C=O) groups is 2. The first-order valence-corrected chi connectivity index (χ1v) is 9.25. The fourth-order valence-electron chi connectivity index (χ4n) is 3.18. The number of hydrogen-bond donors (Lipinski definition) is 3. The topological polar surface area (TPSA) is 93.4 Å². The molecule has 1 atom stereocenters. The van der Waals surface area contributed by atoms with Crippen LogP contribution in [-0.2, 0) is 17.6 Å². The predicted molar refractivity (Wildman–Crippen MR) is 105 cm³/mol. The molecule has 0 saturated heterocycles. The number of ether oxygens (including phenoxy) is 1. The Hall–Kier alpha value is -2.86. The van der Waals surface area contributed by atoms with E-state index < -0.39 is 6.10 Å². The van der Waals surface area contributed by atoms with Gasteiger partial charge < -0.3 is 21.1 Å². The zero-order valence-corrected chi connectivity index (χ0v) is 15.5. The van der Waals surface area contributed by atoms with Crippen LogP contribution in [0.15, 0.2) is 42.5 Å². The van der Waals surface area contributed by atoms with E-state index in [-0.39, 0.29) is 11.8 Å². The molecule has 2 aromatic rings.